The normalized spacial score (nSPS) is 18.6. The highest BCUT2D eigenvalue weighted by atomic mass is 31.2. The van der Waals surface area contributed by atoms with E-state index in [1.165, 1.54) is 4.57 Å². The van der Waals surface area contributed by atoms with Crippen molar-refractivity contribution in [2.24, 2.45) is 0 Å². The largest absolute Gasteiger partial charge is 0.407 e. The SMILES string of the molecule is CC(C)N(C(C)C)P(OCCC#N)O[C@@H]1C(O[Si](C)(C)C(C)(C)C)[C@H](n2ccc(NC(=O)c3ccccc3)nc2=O)O[C@@H]1COC(c1ccccc1)(c1ccccc1)c1ccccc1. The fourth-order valence-corrected chi connectivity index (χ4v) is 10.7. The highest BCUT2D eigenvalue weighted by Crippen LogP contribution is 2.52. The van der Waals surface area contributed by atoms with Gasteiger partial charge < -0.3 is 28.3 Å². The molecule has 5 aromatic rings. The Morgan fingerprint density at radius 3 is 1.83 bits per heavy atom. The molecule has 1 aliphatic heterocycles. The first-order valence-corrected chi connectivity index (χ1v) is 26.0. The van der Waals surface area contributed by atoms with Crippen LogP contribution in [0.25, 0.3) is 0 Å². The summed E-state index contributed by atoms with van der Waals surface area (Å²) in [6, 6.07) is 42.8. The summed E-state index contributed by atoms with van der Waals surface area (Å²) in [5.74, 6) is -0.296. The third-order valence-corrected chi connectivity index (χ3v) is 18.4. The number of ether oxygens (including phenoxy) is 2. The minimum Gasteiger partial charge on any atom is -0.407 e. The molecular weight excluding hydrogens is 842 g/mol. The van der Waals surface area contributed by atoms with Crippen molar-refractivity contribution in [2.75, 3.05) is 18.5 Å². The maximum absolute atomic E-state index is 14.3. The lowest BCUT2D eigenvalue weighted by molar-refractivity contribution is -0.0943. The lowest BCUT2D eigenvalue weighted by Gasteiger charge is -2.42. The number of nitrogens with one attached hydrogen (secondary N) is 1. The topological polar surface area (TPSA) is 137 Å². The first kappa shape index (κ1) is 48.6. The van der Waals surface area contributed by atoms with Gasteiger partial charge in [0, 0.05) is 23.8 Å². The number of carbonyl (C=O) groups excluding carboxylic acids is 1. The van der Waals surface area contributed by atoms with Crippen molar-refractivity contribution in [3.63, 3.8) is 0 Å². The van der Waals surface area contributed by atoms with Crippen molar-refractivity contribution in [2.45, 2.75) is 115 Å². The minimum atomic E-state index is -2.66. The standard InChI is InChI=1S/C50H62N5O7PSi/c1-36(2)55(37(3)4)63(59-34-22-32-51)61-44-42(35-58-50(39-25-16-11-17-26-39,40-27-18-12-19-28-40)41-29-20-13-21-30-41)60-47(45(44)62-64(8,9)49(5,6)7)54-33-31-43(53-48(54)57)52-46(56)38-23-14-10-15-24-38/h10-21,23-31,33,36-37,42,44-45,47H,22,34-35H2,1-9H3,(H,52,53,56,57)/t42-,44+,45?,47-,63?/m1/s1. The van der Waals surface area contributed by atoms with Gasteiger partial charge in [0.05, 0.1) is 25.7 Å². The molecule has 338 valence electrons. The number of benzene rings is 4. The Balaban J connectivity index is 1.50. The van der Waals surface area contributed by atoms with E-state index in [0.29, 0.717) is 5.56 Å². The summed E-state index contributed by atoms with van der Waals surface area (Å²) >= 11 is 0. The van der Waals surface area contributed by atoms with Gasteiger partial charge >= 0.3 is 5.69 Å². The van der Waals surface area contributed by atoms with Gasteiger partial charge in [0.15, 0.2) is 14.5 Å². The Morgan fingerprint density at radius 2 is 1.36 bits per heavy atom. The van der Waals surface area contributed by atoms with Crippen LogP contribution < -0.4 is 11.0 Å². The molecule has 64 heavy (non-hydrogen) atoms. The molecule has 0 radical (unpaired) electrons. The maximum atomic E-state index is 14.3. The van der Waals surface area contributed by atoms with Crippen LogP contribution in [0.15, 0.2) is 138 Å². The van der Waals surface area contributed by atoms with E-state index in [4.69, 9.17) is 22.9 Å². The van der Waals surface area contributed by atoms with Gasteiger partial charge in [-0.2, -0.15) is 10.2 Å². The van der Waals surface area contributed by atoms with E-state index in [1.807, 2.05) is 60.7 Å². The molecule has 1 fully saturated rings. The van der Waals surface area contributed by atoms with Crippen LogP contribution in [0.2, 0.25) is 18.1 Å². The molecule has 1 N–H and O–H groups in total. The highest BCUT2D eigenvalue weighted by Gasteiger charge is 2.54. The van der Waals surface area contributed by atoms with Crippen molar-refractivity contribution in [3.8, 4) is 6.07 Å². The second-order valence-electron chi connectivity index (χ2n) is 17.9. The smallest absolute Gasteiger partial charge is 0.351 e. The molecule has 1 amide bonds. The van der Waals surface area contributed by atoms with Crippen molar-refractivity contribution in [1.82, 2.24) is 14.2 Å². The second kappa shape index (κ2) is 21.4. The number of nitrogens with zero attached hydrogens (tertiary/aromatic N) is 4. The highest BCUT2D eigenvalue weighted by molar-refractivity contribution is 7.44. The van der Waals surface area contributed by atoms with Crippen LogP contribution in [0.1, 0.15) is 88.2 Å². The molecule has 1 saturated heterocycles. The molecule has 2 heterocycles. The molecule has 2 unspecified atom stereocenters. The zero-order valence-electron chi connectivity index (χ0n) is 38.4. The summed E-state index contributed by atoms with van der Waals surface area (Å²) in [5.41, 5.74) is 1.42. The Morgan fingerprint density at radius 1 is 0.844 bits per heavy atom. The third kappa shape index (κ3) is 11.1. The lowest BCUT2D eigenvalue weighted by atomic mass is 9.80. The number of amides is 1. The summed E-state index contributed by atoms with van der Waals surface area (Å²) in [4.78, 5) is 31.7. The van der Waals surface area contributed by atoms with Gasteiger partial charge in [-0.25, -0.2) is 9.46 Å². The Hall–Kier alpha value is -4.87. The van der Waals surface area contributed by atoms with Gasteiger partial charge in [0.2, 0.25) is 0 Å². The molecule has 12 nitrogen and oxygen atoms in total. The van der Waals surface area contributed by atoms with Gasteiger partial charge in [0.25, 0.3) is 14.4 Å². The summed E-state index contributed by atoms with van der Waals surface area (Å²) < 4.78 is 39.2. The fourth-order valence-electron chi connectivity index (χ4n) is 7.66. The molecule has 0 aliphatic carbocycles. The number of carbonyl (C=O) groups is 1. The number of hydrogen-bond acceptors (Lipinski definition) is 10. The molecule has 6 rings (SSSR count). The molecule has 14 heteroatoms. The van der Waals surface area contributed by atoms with Gasteiger partial charge in [-0.1, -0.05) is 130 Å². The summed E-state index contributed by atoms with van der Waals surface area (Å²) in [7, 11) is -4.48. The van der Waals surface area contributed by atoms with Gasteiger partial charge in [0.1, 0.15) is 29.7 Å². The van der Waals surface area contributed by atoms with Gasteiger partial charge in [-0.3, -0.25) is 9.36 Å². The number of aromatic nitrogens is 2. The van der Waals surface area contributed by atoms with Crippen molar-refractivity contribution < 1.29 is 27.7 Å². The van der Waals surface area contributed by atoms with E-state index < -0.39 is 58.6 Å². The molecule has 5 atom stereocenters. The number of anilines is 1. The molecule has 0 bridgehead atoms. The van der Waals surface area contributed by atoms with Crippen LogP contribution in [0.5, 0.6) is 0 Å². The lowest BCUT2D eigenvalue weighted by Crippen LogP contribution is -2.50. The van der Waals surface area contributed by atoms with Crippen molar-refractivity contribution >= 4 is 28.6 Å². The monoisotopic (exact) mass is 903 g/mol. The van der Waals surface area contributed by atoms with E-state index in [2.05, 4.69) is 119 Å². The predicted molar refractivity (Wildman–Crippen MR) is 254 cm³/mol. The molecular formula is C50H62N5O7PSi. The predicted octanol–water partition coefficient (Wildman–Crippen LogP) is 10.5. The number of hydrogen-bond donors (Lipinski definition) is 1. The van der Waals surface area contributed by atoms with Crippen LogP contribution in [0.4, 0.5) is 5.82 Å². The van der Waals surface area contributed by atoms with Crippen LogP contribution in [-0.4, -0.2) is 72.1 Å². The van der Waals surface area contributed by atoms with E-state index >= 15 is 0 Å². The van der Waals surface area contributed by atoms with Crippen LogP contribution in [0.3, 0.4) is 0 Å². The van der Waals surface area contributed by atoms with E-state index in [0.717, 1.165) is 16.7 Å². The average Bonchev–Trinajstić information content (AvgIpc) is 3.59. The van der Waals surface area contributed by atoms with Crippen molar-refractivity contribution in [1.29, 1.82) is 5.26 Å². The minimum absolute atomic E-state index is 0.00463. The first-order valence-electron chi connectivity index (χ1n) is 21.9. The maximum Gasteiger partial charge on any atom is 0.351 e. The van der Waals surface area contributed by atoms with Gasteiger partial charge in [-0.15, -0.1) is 0 Å². The summed E-state index contributed by atoms with van der Waals surface area (Å²) in [5, 5.41) is 12.1. The quantitative estimate of drug-likeness (QED) is 0.0369. The zero-order chi connectivity index (χ0) is 46.1. The zero-order valence-corrected chi connectivity index (χ0v) is 40.3. The van der Waals surface area contributed by atoms with Crippen molar-refractivity contribution in [3.05, 3.63) is 166 Å². The Labute approximate surface area is 380 Å². The van der Waals surface area contributed by atoms with Crippen LogP contribution >= 0.6 is 8.53 Å². The number of rotatable bonds is 19. The fraction of sp³-hybridized carbons (Fsp3) is 0.400. The van der Waals surface area contributed by atoms with Crippen LogP contribution in [-0.2, 0) is 28.5 Å². The second-order valence-corrected chi connectivity index (χ2v) is 24.1. The van der Waals surface area contributed by atoms with Gasteiger partial charge in [-0.05, 0) is 80.7 Å². The molecule has 0 saturated carbocycles. The molecule has 0 spiro atoms. The molecule has 1 aliphatic rings. The van der Waals surface area contributed by atoms with E-state index in [-0.39, 0.29) is 42.6 Å². The molecule has 1 aromatic heterocycles. The van der Waals surface area contributed by atoms with Crippen LogP contribution in [0, 0.1) is 11.3 Å². The average molecular weight is 904 g/mol. The third-order valence-electron chi connectivity index (χ3n) is 11.8. The summed E-state index contributed by atoms with van der Waals surface area (Å²) in [6.45, 7) is 19.3. The molecule has 4 aromatic carbocycles. The number of nitriles is 1. The Bertz CT molecular complexity index is 2250. The first-order chi connectivity index (χ1) is 30.6. The van der Waals surface area contributed by atoms with E-state index in [1.54, 1.807) is 36.5 Å². The Kier molecular flexibility index (Phi) is 16.3. The van der Waals surface area contributed by atoms with E-state index in [9.17, 15) is 14.9 Å². The summed E-state index contributed by atoms with van der Waals surface area (Å²) in [6.07, 6.45) is -1.82.